The van der Waals surface area contributed by atoms with Crippen LogP contribution in [0.4, 0.5) is 13.2 Å². The second kappa shape index (κ2) is 9.88. The first-order valence-corrected chi connectivity index (χ1v) is 12.5. The van der Waals surface area contributed by atoms with E-state index in [1.165, 1.54) is 29.8 Å². The molecule has 8 heteroatoms. The number of nitrogens with zero attached hydrogens (tertiary/aromatic N) is 1. The molecular formula is C28H33F3N2O3. The Labute approximate surface area is 209 Å². The molecule has 0 aromatic heterocycles. The summed E-state index contributed by atoms with van der Waals surface area (Å²) in [5.74, 6) is -0.514. The number of halogens is 3. The Morgan fingerprint density at radius 3 is 2.03 bits per heavy atom. The highest BCUT2D eigenvalue weighted by Gasteiger charge is 2.51. The van der Waals surface area contributed by atoms with Crippen molar-refractivity contribution in [2.75, 3.05) is 0 Å². The van der Waals surface area contributed by atoms with Crippen molar-refractivity contribution in [1.29, 1.82) is 0 Å². The summed E-state index contributed by atoms with van der Waals surface area (Å²) in [5, 5.41) is 9.93. The number of carbonyl (C=O) groups is 2. The lowest BCUT2D eigenvalue weighted by Gasteiger charge is -2.44. The van der Waals surface area contributed by atoms with Crippen molar-refractivity contribution in [1.82, 2.24) is 4.90 Å². The van der Waals surface area contributed by atoms with Gasteiger partial charge >= 0.3 is 6.18 Å². The van der Waals surface area contributed by atoms with Crippen molar-refractivity contribution in [2.45, 2.75) is 87.6 Å². The molecule has 0 aliphatic heterocycles. The van der Waals surface area contributed by atoms with Gasteiger partial charge in [-0.1, -0.05) is 42.5 Å². The van der Waals surface area contributed by atoms with E-state index in [1.807, 2.05) is 23.1 Å². The number of benzene rings is 2. The Bertz CT molecular complexity index is 1070. The molecule has 1 atom stereocenters. The number of alkyl halides is 3. The minimum Gasteiger partial charge on any atom is -0.376 e. The van der Waals surface area contributed by atoms with Crippen molar-refractivity contribution < 1.29 is 27.9 Å². The summed E-state index contributed by atoms with van der Waals surface area (Å²) in [4.78, 5) is 27.0. The summed E-state index contributed by atoms with van der Waals surface area (Å²) < 4.78 is 39.6. The van der Waals surface area contributed by atoms with Gasteiger partial charge in [0.2, 0.25) is 5.91 Å². The van der Waals surface area contributed by atoms with Gasteiger partial charge < -0.3 is 15.7 Å². The van der Waals surface area contributed by atoms with Gasteiger partial charge in [0.1, 0.15) is 0 Å². The summed E-state index contributed by atoms with van der Waals surface area (Å²) in [6, 6.07) is 15.4. The third-order valence-corrected chi connectivity index (χ3v) is 7.96. The number of rotatable bonds is 8. The monoisotopic (exact) mass is 502 g/mol. The van der Waals surface area contributed by atoms with Crippen molar-refractivity contribution >= 4 is 11.8 Å². The van der Waals surface area contributed by atoms with Crippen LogP contribution in [0.2, 0.25) is 0 Å². The van der Waals surface area contributed by atoms with Crippen LogP contribution >= 0.6 is 0 Å². The Kier molecular flexibility index (Phi) is 7.19. The van der Waals surface area contributed by atoms with Crippen molar-refractivity contribution in [3.63, 3.8) is 0 Å². The Morgan fingerprint density at radius 1 is 0.972 bits per heavy atom. The molecule has 2 aromatic carbocycles. The van der Waals surface area contributed by atoms with E-state index >= 15 is 0 Å². The second-order valence-corrected chi connectivity index (χ2v) is 10.4. The molecule has 2 aliphatic carbocycles. The standard InChI is InChI=1S/C28H33F3N2O3/c1-26(36,28(29,30)31)20-9-7-19(8-10-20)25(35)33(22-11-12-22)23-13-16-27(17-14-23,18-15-24(32)34)21-5-3-2-4-6-21/h2-10,22-23,36H,11-18H2,1H3,(H2,32,34). The van der Waals surface area contributed by atoms with E-state index in [1.54, 1.807) is 0 Å². The third-order valence-electron chi connectivity index (χ3n) is 7.96. The quantitative estimate of drug-likeness (QED) is 0.520. The number of carbonyl (C=O) groups excluding carboxylic acids is 2. The van der Waals surface area contributed by atoms with Crippen molar-refractivity contribution in [3.8, 4) is 0 Å². The summed E-state index contributed by atoms with van der Waals surface area (Å²) in [7, 11) is 0. The molecular weight excluding hydrogens is 469 g/mol. The first-order valence-electron chi connectivity index (χ1n) is 12.5. The van der Waals surface area contributed by atoms with Crippen molar-refractivity contribution in [2.24, 2.45) is 5.73 Å². The first kappa shape index (κ1) is 26.2. The SMILES string of the molecule is CC(O)(c1ccc(C(=O)N(C2CC2)C2CCC(CCC(N)=O)(c3ccccc3)CC2)cc1)C(F)(F)F. The Balaban J connectivity index is 1.51. The molecule has 4 rings (SSSR count). The average Bonchev–Trinajstić information content (AvgIpc) is 3.69. The van der Waals surface area contributed by atoms with E-state index in [9.17, 15) is 27.9 Å². The lowest BCUT2D eigenvalue weighted by atomic mass is 9.65. The zero-order valence-electron chi connectivity index (χ0n) is 20.4. The van der Waals surface area contributed by atoms with E-state index < -0.39 is 11.8 Å². The van der Waals surface area contributed by atoms with Gasteiger partial charge in [-0.25, -0.2) is 0 Å². The molecule has 0 radical (unpaired) electrons. The van der Waals surface area contributed by atoms with Crippen LogP contribution in [-0.2, 0) is 15.8 Å². The van der Waals surface area contributed by atoms with Crippen LogP contribution in [0.1, 0.15) is 79.8 Å². The molecule has 194 valence electrons. The van der Waals surface area contributed by atoms with Crippen LogP contribution in [0.15, 0.2) is 54.6 Å². The van der Waals surface area contributed by atoms with Gasteiger partial charge in [0.25, 0.3) is 5.91 Å². The van der Waals surface area contributed by atoms with Gasteiger partial charge in [0, 0.05) is 24.1 Å². The molecule has 2 saturated carbocycles. The van der Waals surface area contributed by atoms with Gasteiger partial charge in [-0.15, -0.1) is 0 Å². The highest BCUT2D eigenvalue weighted by atomic mass is 19.4. The van der Waals surface area contributed by atoms with Gasteiger partial charge in [-0.05, 0) is 80.5 Å². The average molecular weight is 503 g/mol. The fraction of sp³-hybridized carbons (Fsp3) is 0.500. The molecule has 2 aromatic rings. The molecule has 0 bridgehead atoms. The number of aliphatic hydroxyl groups is 1. The molecule has 1 unspecified atom stereocenters. The van der Waals surface area contributed by atoms with Gasteiger partial charge in [0.15, 0.2) is 5.60 Å². The number of hydrogen-bond donors (Lipinski definition) is 2. The second-order valence-electron chi connectivity index (χ2n) is 10.4. The maximum atomic E-state index is 13.5. The van der Waals surface area contributed by atoms with E-state index in [4.69, 9.17) is 5.73 Å². The number of amides is 2. The smallest absolute Gasteiger partial charge is 0.376 e. The molecule has 2 fully saturated rings. The first-order chi connectivity index (χ1) is 16.9. The lowest BCUT2D eigenvalue weighted by molar-refractivity contribution is -0.258. The minimum atomic E-state index is -4.82. The van der Waals surface area contributed by atoms with Crippen LogP contribution in [0.3, 0.4) is 0 Å². The Morgan fingerprint density at radius 2 is 1.53 bits per heavy atom. The van der Waals surface area contributed by atoms with Gasteiger partial charge in [-0.3, -0.25) is 9.59 Å². The van der Waals surface area contributed by atoms with Crippen LogP contribution < -0.4 is 5.73 Å². The largest absolute Gasteiger partial charge is 0.421 e. The summed E-state index contributed by atoms with van der Waals surface area (Å²) >= 11 is 0. The highest BCUT2D eigenvalue weighted by molar-refractivity contribution is 5.95. The van der Waals surface area contributed by atoms with E-state index in [2.05, 4.69) is 12.1 Å². The molecule has 2 aliphatic rings. The minimum absolute atomic E-state index is 0.0216. The zero-order chi connectivity index (χ0) is 26.1. The van der Waals surface area contributed by atoms with E-state index in [0.29, 0.717) is 25.3 Å². The van der Waals surface area contributed by atoms with Gasteiger partial charge in [-0.2, -0.15) is 13.2 Å². The highest BCUT2D eigenvalue weighted by Crippen LogP contribution is 2.46. The van der Waals surface area contributed by atoms with Crippen LogP contribution in [0, 0.1) is 0 Å². The third kappa shape index (κ3) is 5.28. The number of nitrogens with two attached hydrogens (primary N) is 1. The summed E-state index contributed by atoms with van der Waals surface area (Å²) in [6.45, 7) is 0.708. The van der Waals surface area contributed by atoms with Crippen LogP contribution in [0.25, 0.3) is 0 Å². The van der Waals surface area contributed by atoms with Crippen molar-refractivity contribution in [3.05, 3.63) is 71.3 Å². The summed E-state index contributed by atoms with van der Waals surface area (Å²) in [6.07, 6.45) is 1.16. The fourth-order valence-electron chi connectivity index (χ4n) is 5.50. The molecule has 2 amide bonds. The maximum absolute atomic E-state index is 13.5. The Hall–Kier alpha value is -2.87. The fourth-order valence-corrected chi connectivity index (χ4v) is 5.50. The molecule has 0 saturated heterocycles. The predicted octanol–water partition coefficient (Wildman–Crippen LogP) is 5.21. The topological polar surface area (TPSA) is 83.6 Å². The maximum Gasteiger partial charge on any atom is 0.421 e. The summed E-state index contributed by atoms with van der Waals surface area (Å²) in [5.41, 5.74) is 3.51. The van der Waals surface area contributed by atoms with Crippen LogP contribution in [-0.4, -0.2) is 40.1 Å². The molecule has 0 spiro atoms. The van der Waals surface area contributed by atoms with Crippen LogP contribution in [0.5, 0.6) is 0 Å². The predicted molar refractivity (Wildman–Crippen MR) is 130 cm³/mol. The molecule has 5 nitrogen and oxygen atoms in total. The van der Waals surface area contributed by atoms with E-state index in [-0.39, 0.29) is 34.9 Å². The number of primary amides is 1. The van der Waals surface area contributed by atoms with E-state index in [0.717, 1.165) is 38.5 Å². The number of hydrogen-bond acceptors (Lipinski definition) is 3. The molecule has 36 heavy (non-hydrogen) atoms. The molecule has 0 heterocycles. The van der Waals surface area contributed by atoms with Gasteiger partial charge in [0.05, 0.1) is 0 Å². The normalized spacial score (nSPS) is 24.1. The lowest BCUT2D eigenvalue weighted by Crippen LogP contribution is -2.46. The molecule has 3 N–H and O–H groups in total. The zero-order valence-corrected chi connectivity index (χ0v) is 20.4.